The summed E-state index contributed by atoms with van der Waals surface area (Å²) in [5.74, 6) is 0. The van der Waals surface area contributed by atoms with Crippen LogP contribution in [0.1, 0.15) is 95.7 Å². The molecule has 0 fully saturated rings. The fraction of sp³-hybridized carbons (Fsp3) is 0.400. The highest BCUT2D eigenvalue weighted by Gasteiger charge is 2.20. The molecular weight excluding hydrogens is 553 g/mol. The number of hydrogen-bond acceptors (Lipinski definition) is 7. The molecule has 0 saturated carbocycles. The molecular formula is C30H32O2S5. The summed E-state index contributed by atoms with van der Waals surface area (Å²) in [6.45, 7) is 4.48. The molecule has 0 bridgehead atoms. The molecule has 0 atom stereocenters. The topological polar surface area (TPSA) is 34.1 Å². The van der Waals surface area contributed by atoms with E-state index < -0.39 is 0 Å². The predicted octanol–water partition coefficient (Wildman–Crippen LogP) is 11.5. The second-order valence-corrected chi connectivity index (χ2v) is 14.9. The zero-order chi connectivity index (χ0) is 25.8. The van der Waals surface area contributed by atoms with Crippen molar-refractivity contribution >= 4 is 88.1 Å². The Morgan fingerprint density at radius 2 is 1.03 bits per heavy atom. The van der Waals surface area contributed by atoms with E-state index in [0.717, 1.165) is 35.2 Å². The van der Waals surface area contributed by atoms with Gasteiger partial charge in [0.2, 0.25) is 0 Å². The summed E-state index contributed by atoms with van der Waals surface area (Å²) in [5, 5.41) is 0. The lowest BCUT2D eigenvalue weighted by molar-refractivity contribution is 0.111. The molecule has 5 aromatic rings. The van der Waals surface area contributed by atoms with Gasteiger partial charge in [-0.3, -0.25) is 9.59 Å². The molecule has 5 rings (SSSR count). The summed E-state index contributed by atoms with van der Waals surface area (Å²) in [7, 11) is 0. The van der Waals surface area contributed by atoms with Crippen LogP contribution < -0.4 is 0 Å². The summed E-state index contributed by atoms with van der Waals surface area (Å²) < 4.78 is 5.40. The molecule has 0 saturated heterocycles. The Labute approximate surface area is 239 Å². The maximum atomic E-state index is 11.6. The lowest BCUT2D eigenvalue weighted by Gasteiger charge is -2.02. The van der Waals surface area contributed by atoms with E-state index in [1.165, 1.54) is 101 Å². The van der Waals surface area contributed by atoms with Crippen LogP contribution in [0, 0.1) is 0 Å². The molecule has 0 amide bonds. The van der Waals surface area contributed by atoms with Gasteiger partial charge in [0.05, 0.1) is 19.2 Å². The Hall–Kier alpha value is -1.64. The minimum atomic E-state index is 0.830. The van der Waals surface area contributed by atoms with Gasteiger partial charge in [0.1, 0.15) is 0 Å². The third-order valence-corrected chi connectivity index (χ3v) is 13.1. The first-order chi connectivity index (χ1) is 18.1. The quantitative estimate of drug-likeness (QED) is 0.0961. The number of fused-ring (bicyclic) bond motifs is 3. The monoisotopic (exact) mass is 584 g/mol. The molecule has 5 heterocycles. The molecule has 0 spiro atoms. The first-order valence-electron chi connectivity index (χ1n) is 13.3. The third kappa shape index (κ3) is 5.86. The Morgan fingerprint density at radius 3 is 1.43 bits per heavy atom. The van der Waals surface area contributed by atoms with Crippen LogP contribution in [0.5, 0.6) is 0 Å². The number of carbonyl (C=O) groups is 2. The van der Waals surface area contributed by atoms with E-state index in [1.54, 1.807) is 22.7 Å². The van der Waals surface area contributed by atoms with Crippen LogP contribution in [0.4, 0.5) is 0 Å². The Morgan fingerprint density at radius 1 is 0.568 bits per heavy atom. The predicted molar refractivity (Wildman–Crippen MR) is 168 cm³/mol. The molecule has 194 valence electrons. The van der Waals surface area contributed by atoms with E-state index in [0.29, 0.717) is 0 Å². The molecule has 0 aliphatic heterocycles. The SMILES string of the molecule is CCCCCCc1cc(C=O)sc1-c1cc2sc3cc(-c4sc(C=O)cc4CCCCCC)sc3c2s1. The molecule has 0 unspecified atom stereocenters. The molecule has 0 aliphatic rings. The van der Waals surface area contributed by atoms with Crippen molar-refractivity contribution in [2.75, 3.05) is 0 Å². The molecule has 0 aliphatic carbocycles. The van der Waals surface area contributed by atoms with Crippen molar-refractivity contribution < 1.29 is 9.59 Å². The van der Waals surface area contributed by atoms with Crippen molar-refractivity contribution in [1.29, 1.82) is 0 Å². The van der Waals surface area contributed by atoms with Gasteiger partial charge in [-0.05, 0) is 61.1 Å². The summed E-state index contributed by atoms with van der Waals surface area (Å²) in [6.07, 6.45) is 13.9. The van der Waals surface area contributed by atoms with E-state index >= 15 is 0 Å². The van der Waals surface area contributed by atoms with Gasteiger partial charge in [0, 0.05) is 28.9 Å². The second-order valence-electron chi connectivity index (χ2n) is 9.57. The van der Waals surface area contributed by atoms with Gasteiger partial charge in [0.15, 0.2) is 12.6 Å². The summed E-state index contributed by atoms with van der Waals surface area (Å²) in [6, 6.07) is 8.88. The minimum Gasteiger partial charge on any atom is -0.297 e. The average molecular weight is 585 g/mol. The number of hydrogen-bond donors (Lipinski definition) is 0. The largest absolute Gasteiger partial charge is 0.297 e. The number of thiophene rings is 5. The van der Waals surface area contributed by atoms with E-state index in [2.05, 4.69) is 38.1 Å². The third-order valence-electron chi connectivity index (χ3n) is 6.76. The highest BCUT2D eigenvalue weighted by Crippen LogP contribution is 2.50. The Kier molecular flexibility index (Phi) is 9.09. The van der Waals surface area contributed by atoms with Crippen LogP contribution in [0.2, 0.25) is 0 Å². The molecule has 5 aromatic heterocycles. The van der Waals surface area contributed by atoms with Gasteiger partial charge in [-0.1, -0.05) is 52.4 Å². The standard InChI is InChI=1S/C30H32O2S5/c1-3-5-7-9-11-19-13-21(17-31)33-27(19)23-15-25-29(36-23)30-26(35-25)16-24(37-30)28-20(12-10-8-6-4-2)14-22(18-32)34-28/h13-18H,3-12H2,1-2H3. The number of aldehydes is 2. The highest BCUT2D eigenvalue weighted by molar-refractivity contribution is 7.41. The minimum absolute atomic E-state index is 0.830. The fourth-order valence-corrected chi connectivity index (χ4v) is 11.2. The number of aryl methyl sites for hydroxylation is 2. The zero-order valence-corrected chi connectivity index (χ0v) is 25.5. The fourth-order valence-electron chi connectivity index (χ4n) is 4.85. The van der Waals surface area contributed by atoms with E-state index in [1.807, 2.05) is 34.0 Å². The van der Waals surface area contributed by atoms with Crippen molar-refractivity contribution in [3.8, 4) is 19.5 Å². The highest BCUT2D eigenvalue weighted by atomic mass is 32.1. The normalized spacial score (nSPS) is 11.7. The lowest BCUT2D eigenvalue weighted by atomic mass is 10.1. The van der Waals surface area contributed by atoms with Gasteiger partial charge < -0.3 is 0 Å². The summed E-state index contributed by atoms with van der Waals surface area (Å²) >= 11 is 8.89. The first-order valence-corrected chi connectivity index (χ1v) is 17.4. The van der Waals surface area contributed by atoms with Crippen LogP contribution in [0.3, 0.4) is 0 Å². The van der Waals surface area contributed by atoms with Crippen molar-refractivity contribution in [3.05, 3.63) is 45.1 Å². The molecule has 0 aromatic carbocycles. The zero-order valence-electron chi connectivity index (χ0n) is 21.4. The summed E-state index contributed by atoms with van der Waals surface area (Å²) in [4.78, 5) is 29.9. The lowest BCUT2D eigenvalue weighted by Crippen LogP contribution is -1.85. The van der Waals surface area contributed by atoms with Gasteiger partial charge in [-0.25, -0.2) is 0 Å². The Balaban J connectivity index is 1.46. The van der Waals surface area contributed by atoms with Crippen LogP contribution in [-0.2, 0) is 12.8 Å². The molecule has 2 nitrogen and oxygen atoms in total. The number of carbonyl (C=O) groups excluding carboxylic acids is 2. The van der Waals surface area contributed by atoms with Crippen molar-refractivity contribution in [3.63, 3.8) is 0 Å². The van der Waals surface area contributed by atoms with Crippen molar-refractivity contribution in [1.82, 2.24) is 0 Å². The van der Waals surface area contributed by atoms with Gasteiger partial charge in [-0.2, -0.15) is 0 Å². The van der Waals surface area contributed by atoms with E-state index in [-0.39, 0.29) is 0 Å². The number of unbranched alkanes of at least 4 members (excludes halogenated alkanes) is 6. The van der Waals surface area contributed by atoms with Crippen LogP contribution in [0.25, 0.3) is 38.3 Å². The van der Waals surface area contributed by atoms with Crippen molar-refractivity contribution in [2.45, 2.75) is 78.1 Å². The Bertz CT molecular complexity index is 1390. The smallest absolute Gasteiger partial charge is 0.160 e. The second kappa shape index (κ2) is 12.5. The van der Waals surface area contributed by atoms with Gasteiger partial charge in [0.25, 0.3) is 0 Å². The molecule has 0 N–H and O–H groups in total. The molecule has 7 heteroatoms. The molecule has 37 heavy (non-hydrogen) atoms. The number of rotatable bonds is 14. The van der Waals surface area contributed by atoms with E-state index in [9.17, 15) is 9.59 Å². The maximum Gasteiger partial charge on any atom is 0.160 e. The van der Waals surface area contributed by atoms with Gasteiger partial charge >= 0.3 is 0 Å². The summed E-state index contributed by atoms with van der Waals surface area (Å²) in [5.41, 5.74) is 2.65. The molecule has 0 radical (unpaired) electrons. The van der Waals surface area contributed by atoms with Crippen molar-refractivity contribution in [2.24, 2.45) is 0 Å². The van der Waals surface area contributed by atoms with Crippen LogP contribution in [-0.4, -0.2) is 12.6 Å². The van der Waals surface area contributed by atoms with Crippen LogP contribution >= 0.6 is 56.7 Å². The maximum absolute atomic E-state index is 11.6. The average Bonchev–Trinajstić information content (AvgIpc) is 3.70. The first kappa shape index (κ1) is 26.9. The van der Waals surface area contributed by atoms with E-state index in [4.69, 9.17) is 0 Å². The van der Waals surface area contributed by atoms with Crippen LogP contribution in [0.15, 0.2) is 24.3 Å². The van der Waals surface area contributed by atoms with Gasteiger partial charge in [-0.15, -0.1) is 56.7 Å².